The van der Waals surface area contributed by atoms with Crippen molar-refractivity contribution in [2.24, 2.45) is 11.7 Å². The van der Waals surface area contributed by atoms with Gasteiger partial charge < -0.3 is 11.1 Å². The average molecular weight is 331 g/mol. The number of halogens is 2. The van der Waals surface area contributed by atoms with Gasteiger partial charge in [0.05, 0.1) is 11.6 Å². The summed E-state index contributed by atoms with van der Waals surface area (Å²) in [6, 6.07) is 7.13. The van der Waals surface area contributed by atoms with E-state index in [0.29, 0.717) is 28.9 Å². The zero-order valence-electron chi connectivity index (χ0n) is 13.3. The van der Waals surface area contributed by atoms with Crippen LogP contribution in [0.2, 0.25) is 0 Å². The summed E-state index contributed by atoms with van der Waals surface area (Å²) in [6.07, 6.45) is 0.841. The maximum absolute atomic E-state index is 14.3. The summed E-state index contributed by atoms with van der Waals surface area (Å²) in [4.78, 5) is 16.5. The molecule has 3 unspecified atom stereocenters. The maximum atomic E-state index is 14.3. The number of hydrogen-bond donors (Lipinski definition) is 2. The molecule has 1 aliphatic heterocycles. The molecule has 3 atom stereocenters. The number of carbonyl (C=O) groups excluding carboxylic acids is 1. The van der Waals surface area contributed by atoms with E-state index >= 15 is 0 Å². The molecule has 6 heteroatoms. The predicted molar refractivity (Wildman–Crippen MR) is 88.5 cm³/mol. The number of benzene rings is 1. The first-order valence-electron chi connectivity index (χ1n) is 7.92. The molecule has 3 rings (SSSR count). The molecule has 2 aromatic rings. The summed E-state index contributed by atoms with van der Waals surface area (Å²) in [5.74, 6) is -1.67. The third kappa shape index (κ3) is 3.28. The van der Waals surface area contributed by atoms with E-state index in [9.17, 15) is 13.6 Å². The maximum Gasteiger partial charge on any atom is 0.230 e. The molecule has 1 aromatic heterocycles. The van der Waals surface area contributed by atoms with Crippen molar-refractivity contribution in [2.75, 3.05) is 5.32 Å². The molecular weight excluding hydrogens is 312 g/mol. The van der Waals surface area contributed by atoms with Gasteiger partial charge in [-0.3, -0.25) is 9.78 Å². The van der Waals surface area contributed by atoms with Crippen LogP contribution in [-0.4, -0.2) is 17.1 Å². The lowest BCUT2D eigenvalue weighted by Crippen LogP contribution is -2.29. The molecule has 0 fully saturated rings. The Hall–Kier alpha value is -2.34. The fourth-order valence-corrected chi connectivity index (χ4v) is 2.83. The fourth-order valence-electron chi connectivity index (χ4n) is 2.83. The van der Waals surface area contributed by atoms with Gasteiger partial charge in [-0.1, -0.05) is 6.92 Å². The topological polar surface area (TPSA) is 68.0 Å². The molecule has 3 N–H and O–H groups in total. The van der Waals surface area contributed by atoms with Crippen molar-refractivity contribution >= 4 is 11.6 Å². The Balaban J connectivity index is 2.13. The van der Waals surface area contributed by atoms with Crippen LogP contribution < -0.4 is 11.1 Å². The Morgan fingerprint density at radius 1 is 1.25 bits per heavy atom. The van der Waals surface area contributed by atoms with Gasteiger partial charge in [0.25, 0.3) is 0 Å². The van der Waals surface area contributed by atoms with Gasteiger partial charge in [-0.05, 0) is 48.7 Å². The average Bonchev–Trinajstić information content (AvgIpc) is 2.59. The van der Waals surface area contributed by atoms with Gasteiger partial charge >= 0.3 is 0 Å². The van der Waals surface area contributed by atoms with Crippen molar-refractivity contribution in [3.05, 3.63) is 48.0 Å². The number of hydrogen-bond acceptors (Lipinski definition) is 3. The highest BCUT2D eigenvalue weighted by Gasteiger charge is 2.26. The van der Waals surface area contributed by atoms with E-state index in [0.717, 1.165) is 0 Å². The molecule has 0 saturated carbocycles. The Morgan fingerprint density at radius 2 is 2.04 bits per heavy atom. The molecule has 1 aromatic carbocycles. The van der Waals surface area contributed by atoms with E-state index in [4.69, 9.17) is 5.73 Å². The van der Waals surface area contributed by atoms with Gasteiger partial charge in [-0.25, -0.2) is 8.78 Å². The van der Waals surface area contributed by atoms with Crippen molar-refractivity contribution in [3.8, 4) is 11.1 Å². The molecular formula is C18H19F2N3O. The number of amides is 1. The van der Waals surface area contributed by atoms with E-state index in [1.807, 2.05) is 0 Å². The minimum Gasteiger partial charge on any atom is -0.325 e. The van der Waals surface area contributed by atoms with E-state index in [1.165, 1.54) is 25.1 Å². The summed E-state index contributed by atoms with van der Waals surface area (Å²) in [7, 11) is 0. The van der Waals surface area contributed by atoms with Gasteiger partial charge in [-0.2, -0.15) is 0 Å². The molecule has 2 heterocycles. The molecule has 2 bridgehead atoms. The first-order chi connectivity index (χ1) is 11.5. The lowest BCUT2D eigenvalue weighted by atomic mass is 9.95. The highest BCUT2D eigenvalue weighted by Crippen LogP contribution is 2.32. The van der Waals surface area contributed by atoms with Gasteiger partial charge in [0.2, 0.25) is 5.91 Å². The van der Waals surface area contributed by atoms with Crippen molar-refractivity contribution in [2.45, 2.75) is 32.0 Å². The summed E-state index contributed by atoms with van der Waals surface area (Å²) in [6.45, 7) is 1.54. The molecule has 0 radical (unpaired) electrons. The Kier molecular flexibility index (Phi) is 4.57. The summed E-state index contributed by atoms with van der Waals surface area (Å²) in [5, 5.41) is 2.71. The minimum atomic E-state index is -1.30. The number of aromatic nitrogens is 1. The highest BCUT2D eigenvalue weighted by atomic mass is 19.1. The van der Waals surface area contributed by atoms with E-state index in [2.05, 4.69) is 10.3 Å². The van der Waals surface area contributed by atoms with Gasteiger partial charge in [0.15, 0.2) is 0 Å². The zero-order valence-corrected chi connectivity index (χ0v) is 13.3. The molecule has 0 aliphatic carbocycles. The number of anilines is 1. The van der Waals surface area contributed by atoms with Crippen LogP contribution >= 0.6 is 0 Å². The predicted octanol–water partition coefficient (Wildman–Crippen LogP) is 3.59. The number of nitrogens with zero attached hydrogens (tertiary/aromatic N) is 1. The van der Waals surface area contributed by atoms with E-state index in [-0.39, 0.29) is 6.42 Å². The van der Waals surface area contributed by atoms with Crippen LogP contribution in [0.1, 0.15) is 31.5 Å². The van der Waals surface area contributed by atoms with Crippen LogP contribution in [-0.2, 0) is 4.79 Å². The SMILES string of the molecule is CC1C(=O)Nc2ccc(F)cc2-c2ccnc(c2)C(N)CCC1F. The summed E-state index contributed by atoms with van der Waals surface area (Å²) in [5.41, 5.74) is 8.38. The third-order valence-electron chi connectivity index (χ3n) is 4.42. The van der Waals surface area contributed by atoms with Gasteiger partial charge in [-0.15, -0.1) is 0 Å². The molecule has 0 spiro atoms. The Morgan fingerprint density at radius 3 is 2.83 bits per heavy atom. The van der Waals surface area contributed by atoms with E-state index in [1.54, 1.807) is 18.3 Å². The van der Waals surface area contributed by atoms with Crippen molar-refractivity contribution < 1.29 is 13.6 Å². The normalized spacial score (nSPS) is 24.3. The largest absolute Gasteiger partial charge is 0.325 e. The van der Waals surface area contributed by atoms with E-state index < -0.39 is 29.9 Å². The molecule has 126 valence electrons. The first-order valence-corrected chi connectivity index (χ1v) is 7.92. The highest BCUT2D eigenvalue weighted by molar-refractivity contribution is 5.97. The first kappa shape index (κ1) is 16.5. The molecule has 1 aliphatic rings. The quantitative estimate of drug-likeness (QED) is 0.775. The number of pyridine rings is 1. The van der Waals surface area contributed by atoms with Crippen molar-refractivity contribution in [3.63, 3.8) is 0 Å². The second kappa shape index (κ2) is 6.65. The number of nitrogens with one attached hydrogen (secondary N) is 1. The van der Waals surface area contributed by atoms with Crippen LogP contribution in [0.5, 0.6) is 0 Å². The fraction of sp³-hybridized carbons (Fsp3) is 0.333. The third-order valence-corrected chi connectivity index (χ3v) is 4.42. The number of rotatable bonds is 0. The Labute approximate surface area is 139 Å². The number of nitrogens with two attached hydrogens (primary N) is 1. The van der Waals surface area contributed by atoms with Crippen LogP contribution in [0.15, 0.2) is 36.5 Å². The minimum absolute atomic E-state index is 0.179. The lowest BCUT2D eigenvalue weighted by Gasteiger charge is -2.21. The molecule has 24 heavy (non-hydrogen) atoms. The standard InChI is InChI=1S/C18H19F2N3O/c1-10-14(20)3-4-15(21)17-8-11(6-7-22-17)13-9-12(19)2-5-16(13)23-18(10)24/h2,5-10,14-15H,3-4,21H2,1H3,(H,23,24). The number of alkyl halides is 1. The van der Waals surface area contributed by atoms with Gasteiger partial charge in [0, 0.05) is 23.5 Å². The second-order valence-electron chi connectivity index (χ2n) is 6.14. The van der Waals surface area contributed by atoms with Gasteiger partial charge in [0.1, 0.15) is 12.0 Å². The second-order valence-corrected chi connectivity index (χ2v) is 6.14. The van der Waals surface area contributed by atoms with Crippen LogP contribution in [0.3, 0.4) is 0 Å². The molecule has 1 amide bonds. The summed E-state index contributed by atoms with van der Waals surface area (Å²) < 4.78 is 28.0. The number of fused-ring (bicyclic) bond motifs is 4. The lowest BCUT2D eigenvalue weighted by molar-refractivity contribution is -0.121. The van der Waals surface area contributed by atoms with Crippen molar-refractivity contribution in [1.29, 1.82) is 0 Å². The smallest absolute Gasteiger partial charge is 0.230 e. The van der Waals surface area contributed by atoms with Crippen LogP contribution in [0, 0.1) is 11.7 Å². The van der Waals surface area contributed by atoms with Crippen LogP contribution in [0.4, 0.5) is 14.5 Å². The van der Waals surface area contributed by atoms with Crippen LogP contribution in [0.25, 0.3) is 11.1 Å². The summed E-state index contributed by atoms with van der Waals surface area (Å²) >= 11 is 0. The zero-order chi connectivity index (χ0) is 17.3. The number of carbonyl (C=O) groups is 1. The molecule has 0 saturated heterocycles. The van der Waals surface area contributed by atoms with Crippen molar-refractivity contribution in [1.82, 2.24) is 4.98 Å². The monoisotopic (exact) mass is 331 g/mol. The molecule has 4 nitrogen and oxygen atoms in total. The Bertz CT molecular complexity index is 766.